The summed E-state index contributed by atoms with van der Waals surface area (Å²) in [6.07, 6.45) is 2.84. The largest absolute Gasteiger partial charge is 0.466 e. The SMILES string of the molecule is CC1(C)Oc2nc(C=C3C(=O)c4cc5cc(F)c(F)cc5cc4C3=O)sc2-c2cc3c(cc21)-c1sc(C=C2C(=O)c4cc5cc(F)c(F)cc5cc4C2=O)nc1OC3(C)C. The van der Waals surface area contributed by atoms with Gasteiger partial charge in [-0.25, -0.2) is 27.5 Å². The summed E-state index contributed by atoms with van der Waals surface area (Å²) in [4.78, 5) is 64.9. The third-order valence-electron chi connectivity index (χ3n) is 11.4. The first kappa shape index (κ1) is 36.4. The zero-order valence-corrected chi connectivity index (χ0v) is 33.2. The van der Waals surface area contributed by atoms with Gasteiger partial charge in [-0.05, 0) is 122 Å². The Morgan fingerprint density at radius 1 is 0.467 bits per heavy atom. The van der Waals surface area contributed by atoms with Crippen molar-refractivity contribution in [1.82, 2.24) is 9.97 Å². The van der Waals surface area contributed by atoms with E-state index in [0.717, 1.165) is 46.5 Å². The fourth-order valence-electron chi connectivity index (χ4n) is 8.45. The average molecular weight is 841 g/mol. The van der Waals surface area contributed by atoms with Gasteiger partial charge in [-0.1, -0.05) is 0 Å². The van der Waals surface area contributed by atoms with Crippen molar-refractivity contribution in [2.75, 3.05) is 0 Å². The lowest BCUT2D eigenvalue weighted by molar-refractivity contribution is 0.0952. The van der Waals surface area contributed by atoms with E-state index in [1.807, 2.05) is 39.8 Å². The Morgan fingerprint density at radius 3 is 1.07 bits per heavy atom. The van der Waals surface area contributed by atoms with Gasteiger partial charge in [0.15, 0.2) is 46.4 Å². The van der Waals surface area contributed by atoms with Crippen LogP contribution in [0.15, 0.2) is 71.8 Å². The van der Waals surface area contributed by atoms with Crippen LogP contribution < -0.4 is 9.47 Å². The van der Waals surface area contributed by atoms with Crippen molar-refractivity contribution in [2.45, 2.75) is 38.9 Å². The number of aromatic nitrogens is 2. The maximum Gasteiger partial charge on any atom is 0.234 e. The Bertz CT molecular complexity index is 3010. The number of hydrogen-bond donors (Lipinski definition) is 0. The van der Waals surface area contributed by atoms with Gasteiger partial charge >= 0.3 is 0 Å². The minimum absolute atomic E-state index is 0.0975. The third-order valence-corrected chi connectivity index (χ3v) is 13.4. The standard InChI is InChI=1S/C46H24F4N2O6S2/c1-45(2)29-13-26-30(14-25(29)41-43(57-45)51-35(59-41)15-27-37(53)21-5-17-9-31(47)32(48)10-18(17)6-22(21)38(27)54)46(3,4)58-44-42(26)60-36(52-44)16-28-39(55)23-7-19-11-33(49)34(50)12-20(19)8-24(23)40(28)56/h5-16H,1-4H3. The number of ketones is 4. The first-order valence-corrected chi connectivity index (χ1v) is 20.2. The average Bonchev–Trinajstić information content (AvgIpc) is 3.90. The van der Waals surface area contributed by atoms with Crippen LogP contribution in [0.25, 0.3) is 54.6 Å². The highest BCUT2D eigenvalue weighted by molar-refractivity contribution is 7.17. The molecule has 4 aliphatic rings. The van der Waals surface area contributed by atoms with Crippen molar-refractivity contribution in [3.63, 3.8) is 0 Å². The second-order valence-electron chi connectivity index (χ2n) is 16.0. The van der Waals surface area contributed by atoms with Crippen LogP contribution in [0.2, 0.25) is 0 Å². The molecule has 0 radical (unpaired) electrons. The van der Waals surface area contributed by atoms with Gasteiger partial charge in [0.25, 0.3) is 0 Å². The first-order chi connectivity index (χ1) is 28.5. The second-order valence-corrected chi connectivity index (χ2v) is 18.1. The molecule has 2 aliphatic heterocycles. The Morgan fingerprint density at radius 2 is 0.767 bits per heavy atom. The van der Waals surface area contributed by atoms with Crippen LogP contribution in [-0.2, 0) is 11.2 Å². The number of allylic oxidation sites excluding steroid dienone is 2. The van der Waals surface area contributed by atoms with E-state index in [-0.39, 0.29) is 33.4 Å². The monoisotopic (exact) mass is 840 g/mol. The fraction of sp³-hybridized carbons (Fsp3) is 0.130. The molecular weight excluding hydrogens is 817 g/mol. The van der Waals surface area contributed by atoms with Crippen molar-refractivity contribution in [2.24, 2.45) is 0 Å². The van der Waals surface area contributed by atoms with Gasteiger partial charge in [0.1, 0.15) is 21.2 Å². The summed E-state index contributed by atoms with van der Waals surface area (Å²) in [6, 6.07) is 13.6. The molecule has 11 rings (SSSR count). The highest BCUT2D eigenvalue weighted by Gasteiger charge is 2.42. The number of benzene rings is 5. The molecule has 8 nitrogen and oxygen atoms in total. The Balaban J connectivity index is 0.963. The summed E-state index contributed by atoms with van der Waals surface area (Å²) >= 11 is 2.47. The molecule has 294 valence electrons. The Kier molecular flexibility index (Phi) is 7.28. The molecule has 0 N–H and O–H groups in total. The quantitative estimate of drug-likeness (QED) is 0.0961. The number of Topliss-reactive ketones (excluding diaryl/α,β-unsaturated/α-hetero) is 4. The summed E-state index contributed by atoms with van der Waals surface area (Å²) in [5.74, 6) is -5.81. The molecule has 7 aromatic rings. The van der Waals surface area contributed by atoms with Crippen LogP contribution in [0.1, 0.15) is 90.3 Å². The van der Waals surface area contributed by atoms with Gasteiger partial charge in [0.05, 0.1) is 20.9 Å². The van der Waals surface area contributed by atoms with Gasteiger partial charge in [0, 0.05) is 44.5 Å². The molecule has 2 aromatic heterocycles. The first-order valence-electron chi connectivity index (χ1n) is 18.5. The van der Waals surface area contributed by atoms with Crippen molar-refractivity contribution < 1.29 is 46.2 Å². The molecule has 14 heteroatoms. The van der Waals surface area contributed by atoms with Gasteiger partial charge in [-0.2, -0.15) is 0 Å². The topological polar surface area (TPSA) is 113 Å². The normalized spacial score (nSPS) is 16.6. The molecule has 0 spiro atoms. The summed E-state index contributed by atoms with van der Waals surface area (Å²) in [5.41, 5.74) is 1.58. The van der Waals surface area contributed by atoms with Crippen molar-refractivity contribution in [1.29, 1.82) is 0 Å². The van der Waals surface area contributed by atoms with Crippen LogP contribution in [0.3, 0.4) is 0 Å². The van der Waals surface area contributed by atoms with Crippen molar-refractivity contribution in [3.05, 3.63) is 138 Å². The van der Waals surface area contributed by atoms with Crippen LogP contribution in [0, 0.1) is 23.3 Å². The maximum absolute atomic E-state index is 14.0. The Hall–Kier alpha value is -6.64. The lowest BCUT2D eigenvalue weighted by atomic mass is 9.81. The van der Waals surface area contributed by atoms with E-state index in [0.29, 0.717) is 53.1 Å². The molecule has 5 aromatic carbocycles. The molecular formula is C46H24F4N2O6S2. The number of carbonyl (C=O) groups excluding carboxylic acids is 4. The molecule has 0 fully saturated rings. The highest BCUT2D eigenvalue weighted by Crippen LogP contribution is 2.55. The second kappa shape index (κ2) is 12.0. The van der Waals surface area contributed by atoms with E-state index in [1.54, 1.807) is 0 Å². The lowest BCUT2D eigenvalue weighted by Crippen LogP contribution is -2.32. The number of hydrogen-bond acceptors (Lipinski definition) is 10. The summed E-state index contributed by atoms with van der Waals surface area (Å²) in [7, 11) is 0. The molecule has 0 saturated heterocycles. The maximum atomic E-state index is 14.0. The summed E-state index contributed by atoms with van der Waals surface area (Å²) < 4.78 is 68.9. The van der Waals surface area contributed by atoms with E-state index >= 15 is 0 Å². The predicted molar refractivity (Wildman–Crippen MR) is 217 cm³/mol. The number of nitrogens with zero attached hydrogens (tertiary/aromatic N) is 2. The predicted octanol–water partition coefficient (Wildman–Crippen LogP) is 11.0. The zero-order valence-electron chi connectivity index (χ0n) is 31.6. The van der Waals surface area contributed by atoms with Gasteiger partial charge in [0.2, 0.25) is 11.8 Å². The molecule has 0 bridgehead atoms. The molecule has 0 atom stereocenters. The van der Waals surface area contributed by atoms with E-state index in [1.165, 1.54) is 59.1 Å². The minimum Gasteiger partial charge on any atom is -0.466 e. The summed E-state index contributed by atoms with van der Waals surface area (Å²) in [5, 5.41) is 1.85. The van der Waals surface area contributed by atoms with Crippen LogP contribution in [0.4, 0.5) is 17.6 Å². The van der Waals surface area contributed by atoms with E-state index in [9.17, 15) is 36.7 Å². The number of ether oxygens (including phenoxy) is 2. The highest BCUT2D eigenvalue weighted by atomic mass is 32.1. The molecule has 60 heavy (non-hydrogen) atoms. The number of carbonyl (C=O) groups is 4. The smallest absolute Gasteiger partial charge is 0.234 e. The van der Waals surface area contributed by atoms with Gasteiger partial charge < -0.3 is 9.47 Å². The molecule has 0 saturated carbocycles. The minimum atomic E-state index is -1.06. The summed E-state index contributed by atoms with van der Waals surface area (Å²) in [6.45, 7) is 7.57. The Labute approximate surface area is 344 Å². The van der Waals surface area contributed by atoms with Crippen LogP contribution in [-0.4, -0.2) is 33.1 Å². The van der Waals surface area contributed by atoms with E-state index in [2.05, 4.69) is 9.97 Å². The van der Waals surface area contributed by atoms with Gasteiger partial charge in [-0.3, -0.25) is 19.2 Å². The number of thiazole rings is 2. The van der Waals surface area contributed by atoms with E-state index in [4.69, 9.17) is 9.47 Å². The number of fused-ring (bicyclic) bond motifs is 10. The van der Waals surface area contributed by atoms with Gasteiger partial charge in [-0.15, -0.1) is 22.7 Å². The van der Waals surface area contributed by atoms with Crippen LogP contribution >= 0.6 is 22.7 Å². The zero-order chi connectivity index (χ0) is 41.9. The third kappa shape index (κ3) is 5.13. The number of rotatable bonds is 2. The molecule has 0 amide bonds. The molecule has 4 heterocycles. The lowest BCUT2D eigenvalue weighted by Gasteiger charge is -2.37. The molecule has 0 unspecified atom stereocenters. The molecule has 2 aliphatic carbocycles. The van der Waals surface area contributed by atoms with Crippen molar-refractivity contribution in [3.8, 4) is 32.6 Å². The number of halogens is 4. The van der Waals surface area contributed by atoms with Crippen LogP contribution in [0.5, 0.6) is 11.8 Å². The van der Waals surface area contributed by atoms with E-state index < -0.39 is 57.6 Å². The van der Waals surface area contributed by atoms with Crippen molar-refractivity contribution >= 4 is 79.5 Å². The fourth-order valence-corrected chi connectivity index (χ4v) is 10.4.